The van der Waals surface area contributed by atoms with Crippen LogP contribution in [0.4, 0.5) is 0 Å². The van der Waals surface area contributed by atoms with Crippen LogP contribution in [-0.4, -0.2) is 65.4 Å². The predicted octanol–water partition coefficient (Wildman–Crippen LogP) is 9.46. The second-order valence-electron chi connectivity index (χ2n) is 18.8. The summed E-state index contributed by atoms with van der Waals surface area (Å²) in [5, 5.41) is 0.613. The number of ether oxygens (including phenoxy) is 6. The van der Waals surface area contributed by atoms with E-state index in [9.17, 15) is 38.4 Å². The van der Waals surface area contributed by atoms with E-state index in [2.05, 4.69) is 0 Å². The quantitative estimate of drug-likeness (QED) is 0.0615. The first-order chi connectivity index (χ1) is 32.7. The van der Waals surface area contributed by atoms with Crippen LogP contribution in [0, 0.1) is 47.3 Å². The molecule has 0 radical (unpaired) electrons. The predicted molar refractivity (Wildman–Crippen MR) is 246 cm³/mol. The summed E-state index contributed by atoms with van der Waals surface area (Å²) < 4.78 is 40.5. The molecule has 1 aromatic carbocycles. The van der Waals surface area contributed by atoms with Crippen LogP contribution in [-0.2, 0) is 57.3 Å². The molecule has 8 rings (SSSR count). The van der Waals surface area contributed by atoms with Crippen LogP contribution < -0.4 is 9.47 Å². The van der Waals surface area contributed by atoms with Gasteiger partial charge in [0.25, 0.3) is 0 Å². The van der Waals surface area contributed by atoms with E-state index in [-0.39, 0.29) is 46.7 Å². The van der Waals surface area contributed by atoms with Gasteiger partial charge >= 0.3 is 35.8 Å². The molecule has 0 N–H and O–H groups in total. The number of thiazole rings is 1. The van der Waals surface area contributed by atoms with Gasteiger partial charge in [-0.25, -0.2) is 4.98 Å². The molecule has 1 atom stereocenters. The summed E-state index contributed by atoms with van der Waals surface area (Å²) in [7, 11) is 0. The molecule has 3 heterocycles. The molecule has 1 unspecified atom stereocenters. The van der Waals surface area contributed by atoms with Crippen LogP contribution in [0.3, 0.4) is 0 Å². The molecule has 3 aromatic heterocycles. The Morgan fingerprint density at radius 1 is 0.559 bits per heavy atom. The first-order valence-corrected chi connectivity index (χ1v) is 25.4. The van der Waals surface area contributed by atoms with Crippen LogP contribution in [0.1, 0.15) is 124 Å². The SMILES string of the molecule is CC(=O)C1CCC(C(=O)OCOC(=O)C2CCC(C(=O)Oc3ccc(OC(=O)C4CCC(C(=O)OC(C)OC(=O)C5CCC(C(C)=O)CC5)CC4)c4nc(-c5cc6occc6s5)sc34)CC2)CC1. The Bertz CT molecular complexity index is 2490. The number of rotatable bonds is 15. The minimum atomic E-state index is -1.07. The second kappa shape index (κ2) is 21.9. The number of carbonyl (C=O) groups excluding carboxylic acids is 8. The molecule has 4 aliphatic carbocycles. The van der Waals surface area contributed by atoms with Crippen molar-refractivity contribution < 1.29 is 71.2 Å². The topological polar surface area (TPSA) is 218 Å². The number of fused-ring (bicyclic) bond motifs is 2. The van der Waals surface area contributed by atoms with Crippen molar-refractivity contribution in [3.63, 3.8) is 0 Å². The Kier molecular flexibility index (Phi) is 15.7. The van der Waals surface area contributed by atoms with Crippen LogP contribution >= 0.6 is 22.7 Å². The Hall–Kier alpha value is -5.49. The highest BCUT2D eigenvalue weighted by Gasteiger charge is 2.37. The van der Waals surface area contributed by atoms with Crippen molar-refractivity contribution >= 4 is 90.6 Å². The van der Waals surface area contributed by atoms with E-state index in [1.165, 1.54) is 29.6 Å². The second-order valence-corrected chi connectivity index (χ2v) is 20.8. The van der Waals surface area contributed by atoms with Gasteiger partial charge in [-0.1, -0.05) is 0 Å². The van der Waals surface area contributed by atoms with Gasteiger partial charge in [-0.2, -0.15) is 0 Å². The van der Waals surface area contributed by atoms with Crippen LogP contribution in [0.2, 0.25) is 0 Å². The van der Waals surface area contributed by atoms with Gasteiger partial charge in [0.15, 0.2) is 11.5 Å². The lowest BCUT2D eigenvalue weighted by molar-refractivity contribution is -0.192. The maximum atomic E-state index is 13.7. The van der Waals surface area contributed by atoms with Crippen molar-refractivity contribution in [3.8, 4) is 21.4 Å². The van der Waals surface area contributed by atoms with Gasteiger partial charge < -0.3 is 32.8 Å². The molecular formula is C50H57NO15S2. The van der Waals surface area contributed by atoms with E-state index in [0.29, 0.717) is 124 Å². The summed E-state index contributed by atoms with van der Waals surface area (Å²) >= 11 is 2.77. The molecule has 0 aliphatic heterocycles. The zero-order chi connectivity index (χ0) is 48.1. The molecule has 16 nitrogen and oxygen atoms in total. The van der Waals surface area contributed by atoms with Crippen molar-refractivity contribution in [2.75, 3.05) is 6.79 Å². The number of carbonyl (C=O) groups is 8. The van der Waals surface area contributed by atoms with Crippen molar-refractivity contribution in [1.29, 1.82) is 0 Å². The van der Waals surface area contributed by atoms with Gasteiger partial charge in [-0.05, 0) is 135 Å². The van der Waals surface area contributed by atoms with Gasteiger partial charge in [-0.15, -0.1) is 22.7 Å². The van der Waals surface area contributed by atoms with E-state index >= 15 is 0 Å². The number of nitrogens with zero attached hydrogens (tertiary/aromatic N) is 1. The molecule has 0 spiro atoms. The fourth-order valence-corrected chi connectivity index (χ4v) is 12.1. The third kappa shape index (κ3) is 11.7. The van der Waals surface area contributed by atoms with E-state index in [0.717, 1.165) is 9.58 Å². The number of esters is 6. The molecule has 4 saturated carbocycles. The maximum absolute atomic E-state index is 13.7. The summed E-state index contributed by atoms with van der Waals surface area (Å²) in [6, 6.07) is 6.88. The van der Waals surface area contributed by atoms with Crippen LogP contribution in [0.5, 0.6) is 11.5 Å². The van der Waals surface area contributed by atoms with Gasteiger partial charge in [0.1, 0.15) is 32.4 Å². The standard InChI is InChI=1S/C50H57NO15S2/c1-26(52)29-4-8-31(9-5-29)45(54)61-25-62-46(55)32-12-14-36(15-13-32)50(59)66-38-21-20-37(42-43(38)68-44(51-42)41-24-39-40(67-41)22-23-60-39)65-49(58)35-18-16-34(17-19-35)48(57)64-28(3)63-47(56)33-10-6-30(7-11-33)27(2)53/h20-24,28-36H,4-19,25H2,1-3H3. The zero-order valence-electron chi connectivity index (χ0n) is 38.5. The largest absolute Gasteiger partial charge is 0.463 e. The Balaban J connectivity index is 0.836. The molecule has 0 bridgehead atoms. The summed E-state index contributed by atoms with van der Waals surface area (Å²) in [6.07, 6.45) is 8.40. The minimum Gasteiger partial charge on any atom is -0.463 e. The van der Waals surface area contributed by atoms with E-state index in [4.69, 9.17) is 37.8 Å². The van der Waals surface area contributed by atoms with Gasteiger partial charge in [-0.3, -0.25) is 38.4 Å². The summed E-state index contributed by atoms with van der Waals surface area (Å²) in [6.45, 7) is 4.17. The van der Waals surface area contributed by atoms with Gasteiger partial charge in [0.05, 0.1) is 51.3 Å². The number of benzene rings is 1. The van der Waals surface area contributed by atoms with Crippen LogP contribution in [0.15, 0.2) is 34.9 Å². The Morgan fingerprint density at radius 3 is 1.43 bits per heavy atom. The van der Waals surface area contributed by atoms with E-state index in [1.807, 2.05) is 12.1 Å². The fraction of sp³-hybridized carbons (Fsp3) is 0.580. The smallest absolute Gasteiger partial charge is 0.314 e. The number of hydrogen-bond donors (Lipinski definition) is 0. The molecular weight excluding hydrogens is 919 g/mol. The highest BCUT2D eigenvalue weighted by Crippen LogP contribution is 2.45. The third-order valence-corrected chi connectivity index (χ3v) is 16.6. The molecule has 364 valence electrons. The highest BCUT2D eigenvalue weighted by atomic mass is 32.1. The van der Waals surface area contributed by atoms with Crippen molar-refractivity contribution in [2.45, 2.75) is 130 Å². The lowest BCUT2D eigenvalue weighted by Crippen LogP contribution is -2.33. The number of hydrogen-bond acceptors (Lipinski definition) is 18. The van der Waals surface area contributed by atoms with Crippen molar-refractivity contribution in [1.82, 2.24) is 4.98 Å². The average molecular weight is 976 g/mol. The summed E-state index contributed by atoms with van der Waals surface area (Å²) in [5.41, 5.74) is 1.05. The molecule has 4 aromatic rings. The molecule has 0 amide bonds. The van der Waals surface area contributed by atoms with E-state index < -0.39 is 72.6 Å². The number of thiophene rings is 1. The first kappa shape index (κ1) is 48.9. The Labute approximate surface area is 401 Å². The molecule has 4 fully saturated rings. The summed E-state index contributed by atoms with van der Waals surface area (Å²) in [5.74, 6) is -4.68. The molecule has 18 heteroatoms. The number of Topliss-reactive ketones (excluding diaryl/α,β-unsaturated/α-hetero) is 2. The lowest BCUT2D eigenvalue weighted by Gasteiger charge is -2.28. The number of furan rings is 1. The first-order valence-electron chi connectivity index (χ1n) is 23.8. The van der Waals surface area contributed by atoms with Crippen LogP contribution in [0.25, 0.3) is 30.4 Å². The Morgan fingerprint density at radius 2 is 0.971 bits per heavy atom. The monoisotopic (exact) mass is 975 g/mol. The summed E-state index contributed by atoms with van der Waals surface area (Å²) in [4.78, 5) is 108. The number of aromatic nitrogens is 1. The van der Waals surface area contributed by atoms with Crippen molar-refractivity contribution in [3.05, 3.63) is 30.5 Å². The fourth-order valence-electron chi connectivity index (χ4n) is 10.0. The van der Waals surface area contributed by atoms with Crippen molar-refractivity contribution in [2.24, 2.45) is 47.3 Å². The highest BCUT2D eigenvalue weighted by molar-refractivity contribution is 7.28. The average Bonchev–Trinajstić information content (AvgIpc) is 4.09. The normalized spacial score (nSPS) is 25.7. The minimum absolute atomic E-state index is 0.0176. The molecule has 4 aliphatic rings. The van der Waals surface area contributed by atoms with Gasteiger partial charge in [0, 0.05) is 24.8 Å². The van der Waals surface area contributed by atoms with E-state index in [1.54, 1.807) is 32.2 Å². The third-order valence-electron chi connectivity index (χ3n) is 14.3. The zero-order valence-corrected chi connectivity index (χ0v) is 40.1. The maximum Gasteiger partial charge on any atom is 0.314 e. The number of ketones is 2. The molecule has 68 heavy (non-hydrogen) atoms. The van der Waals surface area contributed by atoms with Gasteiger partial charge in [0.2, 0.25) is 13.1 Å². The lowest BCUT2D eigenvalue weighted by atomic mass is 9.80. The molecule has 0 saturated heterocycles.